The molecule has 0 saturated heterocycles. The van der Waals surface area contributed by atoms with E-state index in [4.69, 9.17) is 17.0 Å². The van der Waals surface area contributed by atoms with Crippen LogP contribution >= 0.6 is 12.2 Å². The van der Waals surface area contributed by atoms with E-state index in [1.54, 1.807) is 18.2 Å². The molecule has 1 atom stereocenters. The lowest BCUT2D eigenvalue weighted by Crippen LogP contribution is -2.43. The SMILES string of the molecule is CCC(C)NC(=S)NC(=O)c1cccc(OCC(C)C)c1. The molecule has 0 fully saturated rings. The first kappa shape index (κ1) is 17.4. The summed E-state index contributed by atoms with van der Waals surface area (Å²) in [6, 6.07) is 7.34. The van der Waals surface area contributed by atoms with Gasteiger partial charge in [0.25, 0.3) is 5.91 Å². The number of thiocarbonyl (C=S) groups is 1. The van der Waals surface area contributed by atoms with Gasteiger partial charge in [0.05, 0.1) is 6.61 Å². The van der Waals surface area contributed by atoms with Gasteiger partial charge in [-0.2, -0.15) is 0 Å². The highest BCUT2D eigenvalue weighted by molar-refractivity contribution is 7.80. The average molecular weight is 308 g/mol. The number of rotatable bonds is 6. The van der Waals surface area contributed by atoms with E-state index in [2.05, 4.69) is 31.4 Å². The molecule has 0 spiro atoms. The summed E-state index contributed by atoms with van der Waals surface area (Å²) in [7, 11) is 0. The van der Waals surface area contributed by atoms with Gasteiger partial charge < -0.3 is 10.1 Å². The lowest BCUT2D eigenvalue weighted by atomic mass is 10.2. The summed E-state index contributed by atoms with van der Waals surface area (Å²) in [6.45, 7) is 8.85. The van der Waals surface area contributed by atoms with E-state index in [9.17, 15) is 4.79 Å². The predicted molar refractivity (Wildman–Crippen MR) is 89.7 cm³/mol. The molecule has 0 heterocycles. The van der Waals surface area contributed by atoms with Crippen LogP contribution < -0.4 is 15.4 Å². The van der Waals surface area contributed by atoms with E-state index in [1.165, 1.54) is 0 Å². The van der Waals surface area contributed by atoms with Gasteiger partial charge in [-0.15, -0.1) is 0 Å². The van der Waals surface area contributed by atoms with E-state index < -0.39 is 0 Å². The van der Waals surface area contributed by atoms with Crippen LogP contribution in [0.1, 0.15) is 44.5 Å². The smallest absolute Gasteiger partial charge is 0.257 e. The van der Waals surface area contributed by atoms with Crippen LogP contribution in [0.3, 0.4) is 0 Å². The Hall–Kier alpha value is -1.62. The minimum Gasteiger partial charge on any atom is -0.493 e. The molecule has 5 heteroatoms. The van der Waals surface area contributed by atoms with Crippen molar-refractivity contribution in [2.24, 2.45) is 5.92 Å². The van der Waals surface area contributed by atoms with Gasteiger partial charge in [0.15, 0.2) is 5.11 Å². The minimum absolute atomic E-state index is 0.231. The van der Waals surface area contributed by atoms with Crippen molar-refractivity contribution in [3.05, 3.63) is 29.8 Å². The number of hydrogen-bond donors (Lipinski definition) is 2. The fraction of sp³-hybridized carbons (Fsp3) is 0.500. The lowest BCUT2D eigenvalue weighted by Gasteiger charge is -2.15. The van der Waals surface area contributed by atoms with E-state index in [0.29, 0.717) is 29.0 Å². The molecule has 1 rings (SSSR count). The molecule has 4 nitrogen and oxygen atoms in total. The van der Waals surface area contributed by atoms with Crippen LogP contribution in [0.5, 0.6) is 5.75 Å². The highest BCUT2D eigenvalue weighted by Gasteiger charge is 2.10. The van der Waals surface area contributed by atoms with E-state index in [1.807, 2.05) is 13.0 Å². The minimum atomic E-state index is -0.231. The van der Waals surface area contributed by atoms with Gasteiger partial charge in [0.1, 0.15) is 5.75 Å². The highest BCUT2D eigenvalue weighted by atomic mass is 32.1. The van der Waals surface area contributed by atoms with Crippen molar-refractivity contribution in [3.63, 3.8) is 0 Å². The molecular weight excluding hydrogens is 284 g/mol. The summed E-state index contributed by atoms with van der Waals surface area (Å²) in [5.74, 6) is 0.901. The van der Waals surface area contributed by atoms with Crippen molar-refractivity contribution in [1.82, 2.24) is 10.6 Å². The molecule has 0 aliphatic heterocycles. The summed E-state index contributed by atoms with van der Waals surface area (Å²) in [6.07, 6.45) is 0.939. The molecule has 0 radical (unpaired) electrons. The fourth-order valence-corrected chi connectivity index (χ4v) is 1.82. The molecular formula is C16H24N2O2S. The third-order valence-electron chi connectivity index (χ3n) is 2.90. The molecule has 0 bridgehead atoms. The number of ether oxygens (including phenoxy) is 1. The molecule has 1 amide bonds. The van der Waals surface area contributed by atoms with Crippen LogP contribution in [-0.4, -0.2) is 23.7 Å². The Balaban J connectivity index is 2.61. The number of carbonyl (C=O) groups is 1. The first-order valence-electron chi connectivity index (χ1n) is 7.27. The molecule has 0 aromatic heterocycles. The zero-order valence-electron chi connectivity index (χ0n) is 13.1. The van der Waals surface area contributed by atoms with E-state index in [0.717, 1.165) is 6.42 Å². The molecule has 2 N–H and O–H groups in total. The number of hydrogen-bond acceptors (Lipinski definition) is 3. The van der Waals surface area contributed by atoms with Crippen molar-refractivity contribution in [2.75, 3.05) is 6.61 Å². The van der Waals surface area contributed by atoms with Crippen LogP contribution in [0.25, 0.3) is 0 Å². The largest absolute Gasteiger partial charge is 0.493 e. The van der Waals surface area contributed by atoms with Gasteiger partial charge >= 0.3 is 0 Å². The Bertz CT molecular complexity index is 489. The second-order valence-electron chi connectivity index (χ2n) is 5.47. The van der Waals surface area contributed by atoms with Crippen LogP contribution in [0.15, 0.2) is 24.3 Å². The van der Waals surface area contributed by atoms with Crippen molar-refractivity contribution >= 4 is 23.2 Å². The topological polar surface area (TPSA) is 50.4 Å². The molecule has 21 heavy (non-hydrogen) atoms. The van der Waals surface area contributed by atoms with Crippen molar-refractivity contribution in [3.8, 4) is 5.75 Å². The predicted octanol–water partition coefficient (Wildman–Crippen LogP) is 3.12. The number of amides is 1. The molecule has 0 aliphatic carbocycles. The Morgan fingerprint density at radius 1 is 1.33 bits per heavy atom. The van der Waals surface area contributed by atoms with Gasteiger partial charge in [0, 0.05) is 11.6 Å². The average Bonchev–Trinajstić information content (AvgIpc) is 2.45. The van der Waals surface area contributed by atoms with Crippen LogP contribution in [0, 0.1) is 5.92 Å². The van der Waals surface area contributed by atoms with Crippen LogP contribution in [0.2, 0.25) is 0 Å². The van der Waals surface area contributed by atoms with Gasteiger partial charge in [-0.1, -0.05) is 26.8 Å². The molecule has 0 aliphatic rings. The number of benzene rings is 1. The maximum atomic E-state index is 12.1. The van der Waals surface area contributed by atoms with E-state index >= 15 is 0 Å². The van der Waals surface area contributed by atoms with Crippen molar-refractivity contribution < 1.29 is 9.53 Å². The molecule has 1 aromatic rings. The molecule has 0 saturated carbocycles. The highest BCUT2D eigenvalue weighted by Crippen LogP contribution is 2.14. The van der Waals surface area contributed by atoms with E-state index in [-0.39, 0.29) is 11.9 Å². The standard InChI is InChI=1S/C16H24N2O2S/c1-5-12(4)17-16(21)18-15(19)13-7-6-8-14(9-13)20-10-11(2)3/h6-9,11-12H,5,10H2,1-4H3,(H2,17,18,19,21). The van der Waals surface area contributed by atoms with Crippen LogP contribution in [-0.2, 0) is 0 Å². The monoisotopic (exact) mass is 308 g/mol. The number of nitrogens with one attached hydrogen (secondary N) is 2. The quantitative estimate of drug-likeness (QED) is 0.793. The summed E-state index contributed by atoms with van der Waals surface area (Å²) in [5.41, 5.74) is 0.532. The van der Waals surface area contributed by atoms with Gasteiger partial charge in [-0.25, -0.2) is 0 Å². The fourth-order valence-electron chi connectivity index (χ4n) is 1.53. The Morgan fingerprint density at radius 2 is 2.05 bits per heavy atom. The van der Waals surface area contributed by atoms with Crippen molar-refractivity contribution in [2.45, 2.75) is 40.2 Å². The third-order valence-corrected chi connectivity index (χ3v) is 3.12. The Kier molecular flexibility index (Phi) is 7.15. The summed E-state index contributed by atoms with van der Waals surface area (Å²) < 4.78 is 5.62. The Morgan fingerprint density at radius 3 is 2.67 bits per heavy atom. The summed E-state index contributed by atoms with van der Waals surface area (Å²) >= 11 is 5.12. The lowest BCUT2D eigenvalue weighted by molar-refractivity contribution is 0.0976. The molecule has 1 unspecified atom stereocenters. The number of carbonyl (C=O) groups excluding carboxylic acids is 1. The van der Waals surface area contributed by atoms with Gasteiger partial charge in [0.2, 0.25) is 0 Å². The summed E-state index contributed by atoms with van der Waals surface area (Å²) in [5, 5.41) is 6.08. The second-order valence-corrected chi connectivity index (χ2v) is 5.88. The summed E-state index contributed by atoms with van der Waals surface area (Å²) in [4.78, 5) is 12.1. The maximum Gasteiger partial charge on any atom is 0.257 e. The van der Waals surface area contributed by atoms with Gasteiger partial charge in [-0.3, -0.25) is 10.1 Å². The maximum absolute atomic E-state index is 12.1. The zero-order valence-corrected chi connectivity index (χ0v) is 13.9. The van der Waals surface area contributed by atoms with Gasteiger partial charge in [-0.05, 0) is 49.7 Å². The van der Waals surface area contributed by atoms with Crippen molar-refractivity contribution in [1.29, 1.82) is 0 Å². The second kappa shape index (κ2) is 8.62. The molecule has 116 valence electrons. The Labute approximate surface area is 132 Å². The molecule has 1 aromatic carbocycles. The normalized spacial score (nSPS) is 11.9. The van der Waals surface area contributed by atoms with Crippen LogP contribution in [0.4, 0.5) is 0 Å². The zero-order chi connectivity index (χ0) is 15.8. The third kappa shape index (κ3) is 6.58. The first-order chi connectivity index (χ1) is 9.92. The first-order valence-corrected chi connectivity index (χ1v) is 7.67.